The molecule has 0 atom stereocenters. The Balaban J connectivity index is 1.44. The Labute approximate surface area is 220 Å². The quantitative estimate of drug-likeness (QED) is 0.503. The highest BCUT2D eigenvalue weighted by molar-refractivity contribution is 6.35. The van der Waals surface area contributed by atoms with E-state index in [1.807, 2.05) is 0 Å². The number of carbonyl (C=O) groups excluding carboxylic acids is 3. The van der Waals surface area contributed by atoms with Crippen LogP contribution in [0.15, 0.2) is 41.3 Å². The minimum Gasteiger partial charge on any atom is -0.501 e. The summed E-state index contributed by atoms with van der Waals surface area (Å²) < 4.78 is 41.3. The lowest BCUT2D eigenvalue weighted by Gasteiger charge is -2.37. The van der Waals surface area contributed by atoms with Crippen molar-refractivity contribution in [3.05, 3.63) is 69.8 Å². The molecule has 1 fully saturated rings. The highest BCUT2D eigenvalue weighted by Crippen LogP contribution is 2.43. The summed E-state index contributed by atoms with van der Waals surface area (Å²) >= 11 is 0. The van der Waals surface area contributed by atoms with Crippen molar-refractivity contribution in [3.63, 3.8) is 0 Å². The van der Waals surface area contributed by atoms with Gasteiger partial charge in [0.25, 0.3) is 17.4 Å². The number of carbonyl (C=O) groups is 3. The first-order chi connectivity index (χ1) is 18.5. The molecule has 206 valence electrons. The maximum absolute atomic E-state index is 13.5. The van der Waals surface area contributed by atoms with E-state index < -0.39 is 58.4 Å². The van der Waals surface area contributed by atoms with E-state index in [0.29, 0.717) is 37.3 Å². The summed E-state index contributed by atoms with van der Waals surface area (Å²) in [5.41, 5.74) is -2.12. The lowest BCUT2D eigenvalue weighted by Crippen LogP contribution is -2.54. The fourth-order valence-corrected chi connectivity index (χ4v) is 5.32. The number of hydrogen-bond acceptors (Lipinski definition) is 6. The summed E-state index contributed by atoms with van der Waals surface area (Å²) in [6.07, 6.45) is 2.62. The van der Waals surface area contributed by atoms with Gasteiger partial charge < -0.3 is 20.6 Å². The molecule has 1 aromatic carbocycles. The second-order valence-electron chi connectivity index (χ2n) is 10.2. The van der Waals surface area contributed by atoms with Gasteiger partial charge in [0.15, 0.2) is 5.69 Å². The standard InChI is InChI=1S/C26H26F3N5O5/c27-17-3-1-15(2-4-17)13-30-20(36)18-19(35)22(38)34-14-16-5-7-25(8-6-16,24(34)31-18)32-21(37)23(39)33-11-9-26(28,29)10-12-33/h1-4,9,11,16,35H,5-8,10,12-14H2,(H,30,36)(H,32,37). The molecule has 10 nitrogen and oxygen atoms in total. The van der Waals surface area contributed by atoms with Gasteiger partial charge in [0.05, 0.1) is 5.54 Å². The number of halogens is 3. The molecule has 0 spiro atoms. The van der Waals surface area contributed by atoms with Crippen LogP contribution in [0.5, 0.6) is 5.75 Å². The maximum atomic E-state index is 13.5. The monoisotopic (exact) mass is 545 g/mol. The fraction of sp³-hybridized carbons (Fsp3) is 0.423. The smallest absolute Gasteiger partial charge is 0.315 e. The normalized spacial score (nSPS) is 23.1. The van der Waals surface area contributed by atoms with Gasteiger partial charge in [-0.3, -0.25) is 23.7 Å². The minimum atomic E-state index is -3.06. The topological polar surface area (TPSA) is 134 Å². The van der Waals surface area contributed by atoms with Crippen LogP contribution in [-0.4, -0.2) is 49.7 Å². The van der Waals surface area contributed by atoms with Crippen molar-refractivity contribution < 1.29 is 32.7 Å². The molecule has 13 heteroatoms. The zero-order valence-electron chi connectivity index (χ0n) is 20.8. The van der Waals surface area contributed by atoms with Gasteiger partial charge in [-0.15, -0.1) is 0 Å². The van der Waals surface area contributed by atoms with Gasteiger partial charge in [-0.05, 0) is 49.3 Å². The molecule has 3 amide bonds. The number of nitrogens with zero attached hydrogens (tertiary/aromatic N) is 3. The average molecular weight is 546 g/mol. The molecule has 1 aliphatic carbocycles. The number of alkyl halides is 2. The molecule has 3 N–H and O–H groups in total. The van der Waals surface area contributed by atoms with Gasteiger partial charge in [0.2, 0.25) is 5.75 Å². The molecule has 0 saturated heterocycles. The van der Waals surface area contributed by atoms with Crippen molar-refractivity contribution >= 4 is 17.7 Å². The summed E-state index contributed by atoms with van der Waals surface area (Å²) in [4.78, 5) is 57.2. The number of amides is 3. The summed E-state index contributed by atoms with van der Waals surface area (Å²) in [5.74, 6) is -7.21. The van der Waals surface area contributed by atoms with E-state index in [4.69, 9.17) is 0 Å². The third-order valence-electron chi connectivity index (χ3n) is 7.55. The van der Waals surface area contributed by atoms with Crippen LogP contribution in [0, 0.1) is 11.7 Å². The molecule has 0 radical (unpaired) electrons. The average Bonchev–Trinajstić information content (AvgIpc) is 3.16. The van der Waals surface area contributed by atoms with Crippen molar-refractivity contribution in [2.24, 2.45) is 5.92 Å². The van der Waals surface area contributed by atoms with Crippen LogP contribution < -0.4 is 16.2 Å². The highest BCUT2D eigenvalue weighted by Gasteiger charge is 2.47. The van der Waals surface area contributed by atoms with Crippen LogP contribution in [0.3, 0.4) is 0 Å². The third kappa shape index (κ3) is 5.12. The van der Waals surface area contributed by atoms with Gasteiger partial charge in [-0.2, -0.15) is 0 Å². The molecular formula is C26H26F3N5O5. The first-order valence-electron chi connectivity index (χ1n) is 12.6. The maximum Gasteiger partial charge on any atom is 0.315 e. The number of aromatic hydroxyl groups is 1. The van der Waals surface area contributed by atoms with Crippen molar-refractivity contribution in [2.75, 3.05) is 6.54 Å². The Bertz CT molecular complexity index is 1410. The molecule has 6 rings (SSSR count). The lowest BCUT2D eigenvalue weighted by molar-refractivity contribution is -0.146. The number of benzene rings is 1. The largest absolute Gasteiger partial charge is 0.501 e. The lowest BCUT2D eigenvalue weighted by atomic mass is 9.77. The number of rotatable bonds is 4. The van der Waals surface area contributed by atoms with E-state index in [-0.39, 0.29) is 31.4 Å². The molecule has 1 aromatic heterocycles. The summed E-state index contributed by atoms with van der Waals surface area (Å²) in [6.45, 7) is -0.160. The van der Waals surface area contributed by atoms with Gasteiger partial charge >= 0.3 is 11.8 Å². The number of allylic oxidation sites excluding steroid dienone is 1. The second-order valence-corrected chi connectivity index (χ2v) is 10.2. The van der Waals surface area contributed by atoms with Crippen molar-refractivity contribution in [1.29, 1.82) is 0 Å². The van der Waals surface area contributed by atoms with Crippen LogP contribution in [0.1, 0.15) is 54.0 Å². The predicted octanol–water partition coefficient (Wildman–Crippen LogP) is 1.91. The number of aromatic nitrogens is 2. The first kappa shape index (κ1) is 26.4. The van der Waals surface area contributed by atoms with Gasteiger partial charge in [-0.25, -0.2) is 18.2 Å². The van der Waals surface area contributed by atoms with Crippen molar-refractivity contribution in [3.8, 4) is 5.75 Å². The minimum absolute atomic E-state index is 0.0283. The van der Waals surface area contributed by atoms with Gasteiger partial charge in [-0.1, -0.05) is 12.1 Å². The van der Waals surface area contributed by atoms with Gasteiger partial charge in [0.1, 0.15) is 11.6 Å². The van der Waals surface area contributed by atoms with E-state index in [1.165, 1.54) is 28.8 Å². The van der Waals surface area contributed by atoms with E-state index in [1.54, 1.807) is 0 Å². The Morgan fingerprint density at radius 3 is 2.44 bits per heavy atom. The predicted molar refractivity (Wildman–Crippen MR) is 130 cm³/mol. The zero-order chi connectivity index (χ0) is 27.9. The van der Waals surface area contributed by atoms with Crippen LogP contribution >= 0.6 is 0 Å². The second kappa shape index (κ2) is 9.86. The summed E-state index contributed by atoms with van der Waals surface area (Å²) in [5, 5.41) is 15.8. The molecule has 2 bridgehead atoms. The Hall–Kier alpha value is -4.16. The third-order valence-corrected chi connectivity index (χ3v) is 7.55. The summed E-state index contributed by atoms with van der Waals surface area (Å²) in [6, 6.07) is 5.38. The molecule has 39 heavy (non-hydrogen) atoms. The van der Waals surface area contributed by atoms with E-state index in [2.05, 4.69) is 15.6 Å². The summed E-state index contributed by atoms with van der Waals surface area (Å²) in [7, 11) is 0. The Kier molecular flexibility index (Phi) is 6.69. The zero-order valence-corrected chi connectivity index (χ0v) is 20.8. The fourth-order valence-electron chi connectivity index (χ4n) is 5.32. The molecular weight excluding hydrogens is 519 g/mol. The van der Waals surface area contributed by atoms with E-state index >= 15 is 0 Å². The molecule has 4 heterocycles. The van der Waals surface area contributed by atoms with E-state index in [0.717, 1.165) is 11.1 Å². The van der Waals surface area contributed by atoms with Crippen molar-refractivity contribution in [2.45, 2.75) is 56.7 Å². The molecule has 1 saturated carbocycles. The highest BCUT2D eigenvalue weighted by atomic mass is 19.3. The van der Waals surface area contributed by atoms with Gasteiger partial charge in [0, 0.05) is 38.3 Å². The molecule has 2 aromatic rings. The number of nitrogens with one attached hydrogen (secondary N) is 2. The van der Waals surface area contributed by atoms with Crippen LogP contribution in [-0.2, 0) is 28.2 Å². The Morgan fingerprint density at radius 1 is 1.10 bits per heavy atom. The van der Waals surface area contributed by atoms with Crippen LogP contribution in [0.2, 0.25) is 0 Å². The molecule has 4 aliphatic rings. The Morgan fingerprint density at radius 2 is 1.79 bits per heavy atom. The molecule has 0 unspecified atom stereocenters. The SMILES string of the molecule is O=C(NC12CCC(CC1)Cn1c2nc(C(=O)NCc2ccc(F)cc2)c(O)c1=O)C(=O)N1C=CC(F)(F)CC1. The van der Waals surface area contributed by atoms with E-state index in [9.17, 15) is 37.5 Å². The molecule has 3 aliphatic heterocycles. The van der Waals surface area contributed by atoms with Crippen LogP contribution in [0.4, 0.5) is 13.2 Å². The van der Waals surface area contributed by atoms with Crippen LogP contribution in [0.25, 0.3) is 0 Å². The first-order valence-corrected chi connectivity index (χ1v) is 12.6. The van der Waals surface area contributed by atoms with Crippen molar-refractivity contribution in [1.82, 2.24) is 25.1 Å². The number of fused-ring (bicyclic) bond motifs is 2. The number of hydrogen-bond donors (Lipinski definition) is 3.